The molecule has 1 aromatic rings. The third-order valence-corrected chi connectivity index (χ3v) is 3.46. The van der Waals surface area contributed by atoms with E-state index in [1.807, 2.05) is 18.2 Å². The van der Waals surface area contributed by atoms with Crippen molar-refractivity contribution in [2.45, 2.75) is 39.2 Å². The molecule has 21 heavy (non-hydrogen) atoms. The van der Waals surface area contributed by atoms with Crippen LogP contribution in [0.1, 0.15) is 38.7 Å². The molecule has 0 aliphatic carbocycles. The summed E-state index contributed by atoms with van der Waals surface area (Å²) in [5.74, 6) is 2.13. The Bertz CT molecular complexity index is 437. The monoisotopic (exact) mass is 405 g/mol. The van der Waals surface area contributed by atoms with Crippen LogP contribution in [0.5, 0.6) is 5.75 Å². The zero-order chi connectivity index (χ0) is 15.0. The predicted octanol–water partition coefficient (Wildman–Crippen LogP) is 3.38. The fourth-order valence-corrected chi connectivity index (χ4v) is 1.96. The number of para-hydroxylation sites is 1. The molecule has 4 nitrogen and oxygen atoms in total. The van der Waals surface area contributed by atoms with Gasteiger partial charge in [0.1, 0.15) is 5.75 Å². The second-order valence-corrected chi connectivity index (χ2v) is 5.05. The zero-order valence-corrected chi connectivity index (χ0v) is 16.0. The van der Waals surface area contributed by atoms with Gasteiger partial charge < -0.3 is 15.4 Å². The molecule has 0 bridgehead atoms. The molecule has 0 saturated carbocycles. The van der Waals surface area contributed by atoms with Crippen LogP contribution in [0.3, 0.4) is 0 Å². The highest BCUT2D eigenvalue weighted by Crippen LogP contribution is 2.25. The van der Waals surface area contributed by atoms with Crippen LogP contribution in [-0.2, 0) is 0 Å². The van der Waals surface area contributed by atoms with Gasteiger partial charge in [0.25, 0.3) is 0 Å². The van der Waals surface area contributed by atoms with E-state index in [1.165, 1.54) is 5.56 Å². The van der Waals surface area contributed by atoms with Gasteiger partial charge in [-0.2, -0.15) is 0 Å². The average molecular weight is 405 g/mol. The molecule has 0 saturated heterocycles. The molecule has 0 fully saturated rings. The molecular weight excluding hydrogens is 377 g/mol. The van der Waals surface area contributed by atoms with E-state index in [-0.39, 0.29) is 24.0 Å². The summed E-state index contributed by atoms with van der Waals surface area (Å²) in [6, 6.07) is 8.56. The Balaban J connectivity index is 0.00000400. The summed E-state index contributed by atoms with van der Waals surface area (Å²) in [7, 11) is 3.51. The quantitative estimate of drug-likeness (QED) is 0.433. The standard InChI is InChI=1S/C16H27N3O.HI/c1-6-13(3)19-16(17-4)18-11-12(2)14-9-7-8-10-15(14)20-5;/h7-10,12-13H,6,11H2,1-5H3,(H2,17,18,19);1H. The fraction of sp³-hybridized carbons (Fsp3) is 0.562. The van der Waals surface area contributed by atoms with Crippen molar-refractivity contribution in [3.63, 3.8) is 0 Å². The van der Waals surface area contributed by atoms with Gasteiger partial charge in [-0.1, -0.05) is 32.0 Å². The Hall–Kier alpha value is -0.980. The number of benzene rings is 1. The number of ether oxygens (including phenoxy) is 1. The minimum absolute atomic E-state index is 0. The first-order valence-electron chi connectivity index (χ1n) is 7.22. The van der Waals surface area contributed by atoms with Gasteiger partial charge in [-0.25, -0.2) is 0 Å². The van der Waals surface area contributed by atoms with Crippen LogP contribution < -0.4 is 15.4 Å². The van der Waals surface area contributed by atoms with Gasteiger partial charge in [-0.15, -0.1) is 24.0 Å². The molecule has 0 radical (unpaired) electrons. The first-order chi connectivity index (χ1) is 9.62. The largest absolute Gasteiger partial charge is 0.496 e. The molecule has 2 atom stereocenters. The molecule has 5 heteroatoms. The lowest BCUT2D eigenvalue weighted by molar-refractivity contribution is 0.406. The number of hydrogen-bond acceptors (Lipinski definition) is 2. The molecule has 0 amide bonds. The number of aliphatic imine (C=N–C) groups is 1. The number of rotatable bonds is 6. The van der Waals surface area contributed by atoms with Crippen molar-refractivity contribution in [3.05, 3.63) is 29.8 Å². The highest BCUT2D eigenvalue weighted by atomic mass is 127. The Morgan fingerprint density at radius 3 is 2.52 bits per heavy atom. The van der Waals surface area contributed by atoms with E-state index in [1.54, 1.807) is 14.2 Å². The van der Waals surface area contributed by atoms with Gasteiger partial charge in [0, 0.05) is 25.6 Å². The number of halogens is 1. The maximum absolute atomic E-state index is 5.41. The van der Waals surface area contributed by atoms with Crippen molar-refractivity contribution < 1.29 is 4.74 Å². The number of nitrogens with one attached hydrogen (secondary N) is 2. The van der Waals surface area contributed by atoms with Crippen LogP contribution in [-0.4, -0.2) is 32.7 Å². The van der Waals surface area contributed by atoms with Crippen molar-refractivity contribution in [2.75, 3.05) is 20.7 Å². The molecule has 0 aliphatic rings. The minimum Gasteiger partial charge on any atom is -0.496 e. The van der Waals surface area contributed by atoms with Crippen LogP contribution in [0.4, 0.5) is 0 Å². The van der Waals surface area contributed by atoms with Crippen molar-refractivity contribution in [3.8, 4) is 5.75 Å². The van der Waals surface area contributed by atoms with E-state index in [2.05, 4.69) is 42.5 Å². The van der Waals surface area contributed by atoms with Crippen molar-refractivity contribution in [1.29, 1.82) is 0 Å². The van der Waals surface area contributed by atoms with Crippen molar-refractivity contribution in [1.82, 2.24) is 10.6 Å². The number of hydrogen-bond donors (Lipinski definition) is 2. The van der Waals surface area contributed by atoms with Crippen LogP contribution in [0.15, 0.2) is 29.3 Å². The third-order valence-electron chi connectivity index (χ3n) is 3.46. The molecule has 0 spiro atoms. The van der Waals surface area contributed by atoms with Crippen LogP contribution in [0.2, 0.25) is 0 Å². The van der Waals surface area contributed by atoms with Crippen LogP contribution in [0, 0.1) is 0 Å². The summed E-state index contributed by atoms with van der Waals surface area (Å²) in [5, 5.41) is 6.73. The molecule has 2 N–H and O–H groups in total. The SMILES string of the molecule is CCC(C)NC(=NC)NCC(C)c1ccccc1OC.I. The van der Waals surface area contributed by atoms with Gasteiger partial charge in [0.2, 0.25) is 0 Å². The van der Waals surface area contributed by atoms with E-state index in [4.69, 9.17) is 4.74 Å². The highest BCUT2D eigenvalue weighted by molar-refractivity contribution is 14.0. The predicted molar refractivity (Wildman–Crippen MR) is 101 cm³/mol. The normalized spacial score (nSPS) is 13.9. The van der Waals surface area contributed by atoms with Gasteiger partial charge >= 0.3 is 0 Å². The molecule has 0 aliphatic heterocycles. The van der Waals surface area contributed by atoms with E-state index in [0.29, 0.717) is 12.0 Å². The summed E-state index contributed by atoms with van der Waals surface area (Å²) in [5.41, 5.74) is 1.21. The van der Waals surface area contributed by atoms with Gasteiger partial charge in [-0.05, 0) is 25.0 Å². The zero-order valence-electron chi connectivity index (χ0n) is 13.6. The molecule has 0 aromatic heterocycles. The topological polar surface area (TPSA) is 45.7 Å². The molecule has 2 unspecified atom stereocenters. The number of nitrogens with zero attached hydrogens (tertiary/aromatic N) is 1. The Labute approximate surface area is 145 Å². The maximum atomic E-state index is 5.41. The summed E-state index contributed by atoms with van der Waals surface area (Å²) in [6.45, 7) is 7.30. The Morgan fingerprint density at radius 1 is 1.29 bits per heavy atom. The highest BCUT2D eigenvalue weighted by Gasteiger charge is 2.11. The second-order valence-electron chi connectivity index (χ2n) is 5.05. The van der Waals surface area contributed by atoms with Crippen LogP contribution in [0.25, 0.3) is 0 Å². The van der Waals surface area contributed by atoms with Gasteiger partial charge in [-0.3, -0.25) is 4.99 Å². The smallest absolute Gasteiger partial charge is 0.191 e. The summed E-state index contributed by atoms with van der Waals surface area (Å²) < 4.78 is 5.41. The van der Waals surface area contributed by atoms with Crippen molar-refractivity contribution >= 4 is 29.9 Å². The van der Waals surface area contributed by atoms with Gasteiger partial charge in [0.05, 0.1) is 7.11 Å². The lowest BCUT2D eigenvalue weighted by Gasteiger charge is -2.20. The maximum Gasteiger partial charge on any atom is 0.191 e. The Kier molecular flexibility index (Phi) is 10.2. The lowest BCUT2D eigenvalue weighted by atomic mass is 10.0. The van der Waals surface area contributed by atoms with Crippen molar-refractivity contribution in [2.24, 2.45) is 4.99 Å². The summed E-state index contributed by atoms with van der Waals surface area (Å²) >= 11 is 0. The lowest BCUT2D eigenvalue weighted by Crippen LogP contribution is -2.43. The summed E-state index contributed by atoms with van der Waals surface area (Å²) in [6.07, 6.45) is 1.07. The first kappa shape index (κ1) is 20.0. The average Bonchev–Trinajstić information content (AvgIpc) is 2.50. The van der Waals surface area contributed by atoms with E-state index in [0.717, 1.165) is 24.7 Å². The van der Waals surface area contributed by atoms with E-state index < -0.39 is 0 Å². The molecular formula is C16H28IN3O. The third kappa shape index (κ3) is 6.54. The molecule has 1 aromatic carbocycles. The number of methoxy groups -OCH3 is 1. The minimum atomic E-state index is 0. The molecule has 1 rings (SSSR count). The van der Waals surface area contributed by atoms with E-state index in [9.17, 15) is 0 Å². The van der Waals surface area contributed by atoms with Gasteiger partial charge in [0.15, 0.2) is 5.96 Å². The second kappa shape index (κ2) is 10.7. The van der Waals surface area contributed by atoms with E-state index >= 15 is 0 Å². The summed E-state index contributed by atoms with van der Waals surface area (Å²) in [4.78, 5) is 4.25. The molecule has 120 valence electrons. The fourth-order valence-electron chi connectivity index (χ4n) is 1.96. The van der Waals surface area contributed by atoms with Crippen LogP contribution >= 0.6 is 24.0 Å². The first-order valence-corrected chi connectivity index (χ1v) is 7.22. The molecule has 0 heterocycles. The number of guanidine groups is 1. The Morgan fingerprint density at radius 2 is 1.95 bits per heavy atom.